The van der Waals surface area contributed by atoms with Crippen molar-refractivity contribution in [3.8, 4) is 39.9 Å². The molecule has 3 aromatic heterocycles. The van der Waals surface area contributed by atoms with Crippen LogP contribution in [-0.4, -0.2) is 19.5 Å². The molecule has 5 heteroatoms. The Bertz CT molecular complexity index is 3190. The number of fused-ring (bicyclic) bond motifs is 9. The summed E-state index contributed by atoms with van der Waals surface area (Å²) in [5.41, 5.74) is 6.29. The molecule has 8 aromatic carbocycles. The molecule has 52 heavy (non-hydrogen) atoms. The smallest absolute Gasteiger partial charge is 0.238 e. The minimum absolute atomic E-state index is 0.587. The number of hydrogen-bond acceptors (Lipinski definition) is 4. The number of benzene rings is 8. The fraction of sp³-hybridized carbons (Fsp3) is 0. The molecule has 0 radical (unpaired) electrons. The fourth-order valence-electron chi connectivity index (χ4n) is 7.81. The lowest BCUT2D eigenvalue weighted by Crippen LogP contribution is -2.07. The van der Waals surface area contributed by atoms with Crippen molar-refractivity contribution in [1.82, 2.24) is 19.5 Å². The maximum absolute atomic E-state index is 5.27. The Morgan fingerprint density at radius 2 is 1.08 bits per heavy atom. The molecule has 0 atom stereocenters. The van der Waals surface area contributed by atoms with Crippen molar-refractivity contribution in [3.05, 3.63) is 170 Å². The molecule has 0 N–H and O–H groups in total. The quantitative estimate of drug-likeness (QED) is 0.186. The van der Waals surface area contributed by atoms with Gasteiger partial charge in [0.25, 0.3) is 0 Å². The minimum atomic E-state index is 0.587. The number of rotatable bonds is 4. The zero-order chi connectivity index (χ0) is 34.2. The summed E-state index contributed by atoms with van der Waals surface area (Å²) in [4.78, 5) is 15.6. The van der Waals surface area contributed by atoms with Gasteiger partial charge in [-0.1, -0.05) is 140 Å². The average molecular weight is 681 g/mol. The molecule has 0 saturated carbocycles. The van der Waals surface area contributed by atoms with Gasteiger partial charge in [-0.05, 0) is 57.4 Å². The van der Waals surface area contributed by atoms with E-state index in [9.17, 15) is 0 Å². The number of aromatic nitrogens is 4. The summed E-state index contributed by atoms with van der Waals surface area (Å²) in [5, 5.41) is 9.77. The van der Waals surface area contributed by atoms with E-state index >= 15 is 0 Å². The highest BCUT2D eigenvalue weighted by Gasteiger charge is 2.21. The molecule has 0 bridgehead atoms. The van der Waals surface area contributed by atoms with Crippen molar-refractivity contribution in [2.45, 2.75) is 0 Å². The van der Waals surface area contributed by atoms with Gasteiger partial charge in [0, 0.05) is 47.6 Å². The predicted octanol–water partition coefficient (Wildman–Crippen LogP) is 12.6. The number of nitrogens with zero attached hydrogens (tertiary/aromatic N) is 4. The number of hydrogen-bond donors (Lipinski definition) is 0. The average Bonchev–Trinajstić information content (AvgIpc) is 3.77. The second-order valence-electron chi connectivity index (χ2n) is 13.2. The van der Waals surface area contributed by atoms with Crippen LogP contribution < -0.4 is 0 Å². The molecule has 11 aromatic rings. The molecule has 0 unspecified atom stereocenters. The zero-order valence-corrected chi connectivity index (χ0v) is 28.7. The second kappa shape index (κ2) is 11.4. The van der Waals surface area contributed by atoms with E-state index in [1.54, 1.807) is 0 Å². The van der Waals surface area contributed by atoms with Crippen molar-refractivity contribution < 1.29 is 0 Å². The van der Waals surface area contributed by atoms with Crippen LogP contribution in [0.25, 0.3) is 103 Å². The molecule has 3 heterocycles. The van der Waals surface area contributed by atoms with Crippen molar-refractivity contribution >= 4 is 74.9 Å². The largest absolute Gasteiger partial charge is 0.277 e. The third-order valence-corrected chi connectivity index (χ3v) is 11.4. The van der Waals surface area contributed by atoms with Crippen LogP contribution in [-0.2, 0) is 0 Å². The topological polar surface area (TPSA) is 43.6 Å². The molecule has 242 valence electrons. The van der Waals surface area contributed by atoms with Crippen LogP contribution >= 0.6 is 11.3 Å². The Labute approximate surface area is 302 Å². The van der Waals surface area contributed by atoms with Gasteiger partial charge in [0.05, 0.1) is 11.0 Å². The Kier molecular flexibility index (Phi) is 6.39. The van der Waals surface area contributed by atoms with Crippen LogP contribution in [0.4, 0.5) is 0 Å². The van der Waals surface area contributed by atoms with Crippen molar-refractivity contribution in [2.24, 2.45) is 0 Å². The SMILES string of the molecule is c1ccc(-c2nc(-c3ccc4ccccc4c3)nc(-n3c4ccccc4c4cccc(-c5ccc6sc7ccc8ccccc8c7c6c5)c43)n2)cc1. The van der Waals surface area contributed by atoms with Crippen LogP contribution in [0.5, 0.6) is 0 Å². The molecule has 0 aliphatic rings. The molecular weight excluding hydrogens is 653 g/mol. The molecule has 11 rings (SSSR count). The highest BCUT2D eigenvalue weighted by atomic mass is 32.1. The lowest BCUT2D eigenvalue weighted by Gasteiger charge is -2.13. The van der Waals surface area contributed by atoms with E-state index < -0.39 is 0 Å². The Hall–Kier alpha value is -6.69. The summed E-state index contributed by atoms with van der Waals surface area (Å²) >= 11 is 1.86. The van der Waals surface area contributed by atoms with Crippen molar-refractivity contribution in [3.63, 3.8) is 0 Å². The van der Waals surface area contributed by atoms with Gasteiger partial charge in [0.2, 0.25) is 5.95 Å². The van der Waals surface area contributed by atoms with Crippen LogP contribution in [0.15, 0.2) is 170 Å². The third kappa shape index (κ3) is 4.50. The second-order valence-corrected chi connectivity index (χ2v) is 14.3. The van der Waals surface area contributed by atoms with Crippen LogP contribution in [0, 0.1) is 0 Å². The van der Waals surface area contributed by atoms with Crippen LogP contribution in [0.1, 0.15) is 0 Å². The Morgan fingerprint density at radius 1 is 0.404 bits per heavy atom. The van der Waals surface area contributed by atoms with Crippen LogP contribution in [0.3, 0.4) is 0 Å². The highest BCUT2D eigenvalue weighted by molar-refractivity contribution is 7.26. The molecule has 0 aliphatic carbocycles. The molecule has 0 amide bonds. The summed E-state index contributed by atoms with van der Waals surface area (Å²) in [7, 11) is 0. The first kappa shape index (κ1) is 29.1. The lowest BCUT2D eigenvalue weighted by molar-refractivity contribution is 0.954. The third-order valence-electron chi connectivity index (χ3n) is 10.2. The van der Waals surface area contributed by atoms with Gasteiger partial charge in [0.1, 0.15) is 0 Å². The first-order valence-corrected chi connectivity index (χ1v) is 18.3. The fourth-order valence-corrected chi connectivity index (χ4v) is 8.91. The molecule has 0 aliphatic heterocycles. The van der Waals surface area contributed by atoms with Gasteiger partial charge in [-0.2, -0.15) is 9.97 Å². The summed E-state index contributed by atoms with van der Waals surface area (Å²) in [6.45, 7) is 0. The highest BCUT2D eigenvalue weighted by Crippen LogP contribution is 2.43. The van der Waals surface area contributed by atoms with E-state index in [0.29, 0.717) is 17.6 Å². The summed E-state index contributed by atoms with van der Waals surface area (Å²) in [6.07, 6.45) is 0. The van der Waals surface area contributed by atoms with Gasteiger partial charge in [0.15, 0.2) is 11.6 Å². The molecule has 0 saturated heterocycles. The van der Waals surface area contributed by atoms with E-state index in [4.69, 9.17) is 15.0 Å². The van der Waals surface area contributed by atoms with Crippen molar-refractivity contribution in [2.75, 3.05) is 0 Å². The van der Waals surface area contributed by atoms with Crippen molar-refractivity contribution in [1.29, 1.82) is 0 Å². The van der Waals surface area contributed by atoms with Gasteiger partial charge in [-0.25, -0.2) is 4.98 Å². The maximum Gasteiger partial charge on any atom is 0.238 e. The van der Waals surface area contributed by atoms with E-state index in [1.807, 2.05) is 29.5 Å². The predicted molar refractivity (Wildman–Crippen MR) is 218 cm³/mol. The maximum atomic E-state index is 5.27. The first-order chi connectivity index (χ1) is 25.8. The number of para-hydroxylation sites is 2. The normalized spacial score (nSPS) is 11.8. The van der Waals surface area contributed by atoms with Gasteiger partial charge in [-0.15, -0.1) is 11.3 Å². The van der Waals surface area contributed by atoms with E-state index in [1.165, 1.54) is 36.3 Å². The van der Waals surface area contributed by atoms with Gasteiger partial charge >= 0.3 is 0 Å². The molecule has 0 fully saturated rings. The van der Waals surface area contributed by atoms with Crippen LogP contribution in [0.2, 0.25) is 0 Å². The summed E-state index contributed by atoms with van der Waals surface area (Å²) in [6, 6.07) is 60.3. The summed E-state index contributed by atoms with van der Waals surface area (Å²) in [5.74, 6) is 1.86. The van der Waals surface area contributed by atoms with Gasteiger partial charge in [-0.3, -0.25) is 4.57 Å². The monoisotopic (exact) mass is 680 g/mol. The Morgan fingerprint density at radius 3 is 1.96 bits per heavy atom. The molecule has 4 nitrogen and oxygen atoms in total. The summed E-state index contributed by atoms with van der Waals surface area (Å²) < 4.78 is 4.83. The van der Waals surface area contributed by atoms with E-state index in [2.05, 4.69) is 156 Å². The van der Waals surface area contributed by atoms with E-state index in [-0.39, 0.29) is 0 Å². The molecule has 0 spiro atoms. The van der Waals surface area contributed by atoms with Gasteiger partial charge < -0.3 is 0 Å². The zero-order valence-electron chi connectivity index (χ0n) is 27.9. The number of thiophene rings is 1. The standard InChI is InChI=1S/C47H28N4S/c1-2-13-31(14-3-1)45-48-46(34-22-21-29-11-4-5-15-32(29)27-34)50-47(49-45)51-40-20-9-8-17-37(40)38-19-10-18-36(44(38)51)33-24-25-41-39(28-33)43-35-16-7-6-12-30(35)23-26-42(43)52-41/h1-28H. The minimum Gasteiger partial charge on any atom is -0.277 e. The molecular formula is C47H28N4S. The Balaban J connectivity index is 1.20. The lowest BCUT2D eigenvalue weighted by atomic mass is 9.98. The van der Waals surface area contributed by atoms with E-state index in [0.717, 1.165) is 49.4 Å². The first-order valence-electron chi connectivity index (χ1n) is 17.4.